The Balaban J connectivity index is 2.29. The van der Waals surface area contributed by atoms with Crippen molar-refractivity contribution in [3.05, 3.63) is 47.2 Å². The second-order valence-corrected chi connectivity index (χ2v) is 6.94. The van der Waals surface area contributed by atoms with Crippen LogP contribution in [0, 0.1) is 23.0 Å². The van der Waals surface area contributed by atoms with Gasteiger partial charge in [-0.1, -0.05) is 13.8 Å². The molecular weight excluding hydrogens is 394 g/mol. The largest absolute Gasteiger partial charge is 0.338 e. The van der Waals surface area contributed by atoms with Crippen molar-refractivity contribution >= 4 is 35.7 Å². The first kappa shape index (κ1) is 22.7. The van der Waals surface area contributed by atoms with E-state index in [2.05, 4.69) is 21.0 Å². The summed E-state index contributed by atoms with van der Waals surface area (Å²) in [5, 5.41) is 14.2. The molecule has 2 rings (SSSR count). The highest BCUT2D eigenvalue weighted by molar-refractivity contribution is 6.02. The number of aldehydes is 1. The Kier molecular flexibility index (Phi) is 7.79. The highest BCUT2D eigenvalue weighted by Crippen LogP contribution is 2.27. The lowest BCUT2D eigenvalue weighted by Crippen LogP contribution is -2.31. The molecule has 10 heteroatoms. The molecule has 0 spiro atoms. The number of amides is 2. The molecule has 0 aliphatic carbocycles. The molecule has 160 valence electrons. The summed E-state index contributed by atoms with van der Waals surface area (Å²) in [7, 11) is 1.46. The van der Waals surface area contributed by atoms with Crippen LogP contribution in [0.25, 0.3) is 0 Å². The number of halogens is 2. The smallest absolute Gasteiger partial charge is 0.320 e. The average molecular weight is 418 g/mol. The van der Waals surface area contributed by atoms with E-state index in [0.29, 0.717) is 18.7 Å². The summed E-state index contributed by atoms with van der Waals surface area (Å²) < 4.78 is 27.3. The monoisotopic (exact) mass is 418 g/mol. The van der Waals surface area contributed by atoms with Gasteiger partial charge in [-0.3, -0.25) is 20.5 Å². The van der Waals surface area contributed by atoms with Crippen LogP contribution in [-0.2, 0) is 0 Å². The number of urea groups is 1. The van der Waals surface area contributed by atoms with Crippen molar-refractivity contribution < 1.29 is 18.4 Å². The Bertz CT molecular complexity index is 936. The van der Waals surface area contributed by atoms with Crippen LogP contribution in [0.5, 0.6) is 0 Å². The second-order valence-electron chi connectivity index (χ2n) is 6.94. The van der Waals surface area contributed by atoms with Crippen LogP contribution in [0.3, 0.4) is 0 Å². The van der Waals surface area contributed by atoms with Crippen LogP contribution in [0.15, 0.2) is 24.4 Å². The van der Waals surface area contributed by atoms with Crippen molar-refractivity contribution in [3.63, 3.8) is 0 Å². The molecule has 1 aromatic carbocycles. The molecule has 0 saturated heterocycles. The van der Waals surface area contributed by atoms with Gasteiger partial charge in [-0.2, -0.15) is 0 Å². The first-order chi connectivity index (χ1) is 14.3. The molecule has 0 unspecified atom stereocenters. The fourth-order valence-electron chi connectivity index (χ4n) is 2.60. The minimum Gasteiger partial charge on any atom is -0.338 e. The maximum absolute atomic E-state index is 14.1. The van der Waals surface area contributed by atoms with Gasteiger partial charge in [0.25, 0.3) is 0 Å². The van der Waals surface area contributed by atoms with Crippen molar-refractivity contribution in [2.45, 2.75) is 20.3 Å². The summed E-state index contributed by atoms with van der Waals surface area (Å²) in [6.07, 6.45) is 3.45. The molecule has 0 radical (unpaired) electrons. The van der Waals surface area contributed by atoms with E-state index in [4.69, 9.17) is 5.41 Å². The fourth-order valence-corrected chi connectivity index (χ4v) is 2.60. The summed E-state index contributed by atoms with van der Waals surface area (Å²) in [5.41, 5.74) is 3.17. The van der Waals surface area contributed by atoms with Gasteiger partial charge in [0.15, 0.2) is 12.1 Å². The second kappa shape index (κ2) is 10.3. The van der Waals surface area contributed by atoms with Crippen LogP contribution in [-0.4, -0.2) is 37.1 Å². The third kappa shape index (κ3) is 5.72. The quantitative estimate of drug-likeness (QED) is 0.281. The minimum absolute atomic E-state index is 0.0157. The van der Waals surface area contributed by atoms with Gasteiger partial charge in [0.1, 0.15) is 11.6 Å². The summed E-state index contributed by atoms with van der Waals surface area (Å²) in [6.45, 7) is 4.53. The predicted octanol–water partition coefficient (Wildman–Crippen LogP) is 3.80. The SMILES string of the molecule is CC(C)CCNC(=O)Nc1ncc(C=O)c(NN(C)c2ccc(F)cc2F)c1C=N. The highest BCUT2D eigenvalue weighted by Gasteiger charge is 2.18. The van der Waals surface area contributed by atoms with E-state index in [-0.39, 0.29) is 28.3 Å². The molecule has 2 aromatic rings. The number of anilines is 3. The molecule has 1 heterocycles. The van der Waals surface area contributed by atoms with Crippen molar-refractivity contribution in [2.75, 3.05) is 29.3 Å². The van der Waals surface area contributed by atoms with Crippen LogP contribution in [0.2, 0.25) is 0 Å². The molecule has 0 atom stereocenters. The highest BCUT2D eigenvalue weighted by atomic mass is 19.1. The predicted molar refractivity (Wildman–Crippen MR) is 112 cm³/mol. The number of aromatic nitrogens is 1. The molecular formula is C20H24F2N6O2. The van der Waals surface area contributed by atoms with Gasteiger partial charge in [0.2, 0.25) is 0 Å². The van der Waals surface area contributed by atoms with Crippen LogP contribution in [0.1, 0.15) is 36.2 Å². The van der Waals surface area contributed by atoms with Crippen molar-refractivity contribution in [1.82, 2.24) is 10.3 Å². The molecule has 0 fully saturated rings. The summed E-state index contributed by atoms with van der Waals surface area (Å²) in [6, 6.07) is 2.54. The summed E-state index contributed by atoms with van der Waals surface area (Å²) >= 11 is 0. The van der Waals surface area contributed by atoms with E-state index < -0.39 is 17.7 Å². The zero-order chi connectivity index (χ0) is 22.3. The number of hydrogen-bond donors (Lipinski definition) is 4. The Hall–Kier alpha value is -3.56. The van der Waals surface area contributed by atoms with E-state index in [1.807, 2.05) is 13.8 Å². The number of nitrogens with zero attached hydrogens (tertiary/aromatic N) is 2. The summed E-state index contributed by atoms with van der Waals surface area (Å²) in [4.78, 5) is 27.6. The third-order valence-corrected chi connectivity index (χ3v) is 4.21. The van der Waals surface area contributed by atoms with Crippen LogP contribution in [0.4, 0.5) is 30.8 Å². The molecule has 0 aliphatic heterocycles. The van der Waals surface area contributed by atoms with Gasteiger partial charge in [0.05, 0.1) is 22.5 Å². The lowest BCUT2D eigenvalue weighted by atomic mass is 10.1. The number of nitrogens with one attached hydrogen (secondary N) is 4. The number of benzene rings is 1. The van der Waals surface area contributed by atoms with E-state index in [1.54, 1.807) is 0 Å². The average Bonchev–Trinajstić information content (AvgIpc) is 2.67. The molecule has 1 aromatic heterocycles. The summed E-state index contributed by atoms with van der Waals surface area (Å²) in [5.74, 6) is -1.07. The molecule has 4 N–H and O–H groups in total. The molecule has 0 saturated carbocycles. The van der Waals surface area contributed by atoms with E-state index in [0.717, 1.165) is 24.8 Å². The minimum atomic E-state index is -0.814. The van der Waals surface area contributed by atoms with E-state index in [9.17, 15) is 18.4 Å². The lowest BCUT2D eigenvalue weighted by Gasteiger charge is -2.24. The van der Waals surface area contributed by atoms with Crippen molar-refractivity contribution in [2.24, 2.45) is 5.92 Å². The standard InChI is InChI=1S/C20H24F2N6O2/c1-12(2)6-7-24-20(30)26-19-15(9-23)18(13(11-29)10-25-19)27-28(3)17-5-4-14(21)8-16(17)22/h4-5,8-12,23H,6-7H2,1-3H3,(H3,24,25,26,27,30). The number of hydrogen-bond acceptors (Lipinski definition) is 6. The normalized spacial score (nSPS) is 10.5. The first-order valence-corrected chi connectivity index (χ1v) is 9.25. The Morgan fingerprint density at radius 2 is 2.07 bits per heavy atom. The van der Waals surface area contributed by atoms with Crippen LogP contribution < -0.4 is 21.1 Å². The Labute approximate surface area is 173 Å². The Morgan fingerprint density at radius 3 is 2.67 bits per heavy atom. The van der Waals surface area contributed by atoms with E-state index in [1.165, 1.54) is 24.3 Å². The van der Waals surface area contributed by atoms with Crippen molar-refractivity contribution in [1.29, 1.82) is 5.41 Å². The van der Waals surface area contributed by atoms with Gasteiger partial charge in [-0.05, 0) is 24.5 Å². The first-order valence-electron chi connectivity index (χ1n) is 9.25. The zero-order valence-corrected chi connectivity index (χ0v) is 16.9. The lowest BCUT2D eigenvalue weighted by molar-refractivity contribution is 0.112. The van der Waals surface area contributed by atoms with Crippen LogP contribution >= 0.6 is 0 Å². The number of hydrazine groups is 1. The maximum Gasteiger partial charge on any atom is 0.320 e. The molecule has 2 amide bonds. The maximum atomic E-state index is 14.1. The third-order valence-electron chi connectivity index (χ3n) is 4.21. The van der Waals surface area contributed by atoms with Gasteiger partial charge in [-0.15, -0.1) is 0 Å². The van der Waals surface area contributed by atoms with Gasteiger partial charge < -0.3 is 10.7 Å². The Morgan fingerprint density at radius 1 is 1.33 bits per heavy atom. The molecule has 30 heavy (non-hydrogen) atoms. The van der Waals surface area contributed by atoms with Gasteiger partial charge in [-0.25, -0.2) is 18.6 Å². The topological polar surface area (TPSA) is 110 Å². The number of carbonyl (C=O) groups is 2. The molecule has 0 aliphatic rings. The van der Waals surface area contributed by atoms with Gasteiger partial charge in [0, 0.05) is 32.1 Å². The number of carbonyl (C=O) groups excluding carboxylic acids is 2. The van der Waals surface area contributed by atoms with Gasteiger partial charge >= 0.3 is 6.03 Å². The molecule has 8 nitrogen and oxygen atoms in total. The van der Waals surface area contributed by atoms with Crippen molar-refractivity contribution in [3.8, 4) is 0 Å². The fraction of sp³-hybridized carbons (Fsp3) is 0.300. The number of pyridine rings is 1. The zero-order valence-electron chi connectivity index (χ0n) is 16.9. The number of rotatable bonds is 9. The molecule has 0 bridgehead atoms. The van der Waals surface area contributed by atoms with E-state index >= 15 is 0 Å².